The lowest BCUT2D eigenvalue weighted by atomic mass is 10.2. The molecule has 37 heavy (non-hydrogen) atoms. The summed E-state index contributed by atoms with van der Waals surface area (Å²) in [4.78, 5) is 0.798. The maximum Gasteiger partial charge on any atom is 0.408 e. The highest BCUT2D eigenvalue weighted by Crippen LogP contribution is 2.40. The summed E-state index contributed by atoms with van der Waals surface area (Å²) in [6.45, 7) is -0.455. The third-order valence-corrected chi connectivity index (χ3v) is 8.32. The highest BCUT2D eigenvalue weighted by molar-refractivity contribution is 7.91. The molecule has 2 aromatic rings. The van der Waals surface area contributed by atoms with Crippen LogP contribution in [0.3, 0.4) is 0 Å². The van der Waals surface area contributed by atoms with Gasteiger partial charge in [0.1, 0.15) is 23.8 Å². The van der Waals surface area contributed by atoms with Gasteiger partial charge in [-0.1, -0.05) is 30.4 Å². The third kappa shape index (κ3) is 5.85. The molecule has 0 radical (unpaired) electrons. The van der Waals surface area contributed by atoms with Gasteiger partial charge in [0.05, 0.1) is 6.54 Å². The fourth-order valence-electron chi connectivity index (χ4n) is 4.10. The molecule has 1 atom stereocenters. The Morgan fingerprint density at radius 3 is 2.27 bits per heavy atom. The van der Waals surface area contributed by atoms with Gasteiger partial charge >= 0.3 is 16.2 Å². The van der Waals surface area contributed by atoms with Crippen LogP contribution >= 0.6 is 12.2 Å². The van der Waals surface area contributed by atoms with Gasteiger partial charge in [0, 0.05) is 23.4 Å². The first-order chi connectivity index (χ1) is 17.5. The lowest BCUT2D eigenvalue weighted by Gasteiger charge is -2.38. The van der Waals surface area contributed by atoms with E-state index in [1.54, 1.807) is 42.5 Å². The lowest BCUT2D eigenvalue weighted by Crippen LogP contribution is -2.58. The Morgan fingerprint density at radius 1 is 1.00 bits per heavy atom. The SMILES string of the molecule is NCC1=CC=CC[N+]1(c1ccc(Oc2ccccc2OC2=CCC(=S)C=C2)cc1)S(=O)(=O)CC(F)(F)F. The number of nitrogens with two attached hydrogens (primary N) is 1. The van der Waals surface area contributed by atoms with Crippen molar-refractivity contribution in [2.24, 2.45) is 5.73 Å². The summed E-state index contributed by atoms with van der Waals surface area (Å²) < 4.78 is 77.0. The standard InChI is InChI=1S/C26H24F3N2O4S2/c27-26(28,29)18-37(32,33)31(16-4-3-5-20(31)17-30)19-8-10-21(11-9-19)34-24-6-1-2-7-25(24)35-22-12-14-23(36)15-13-22/h1-14H,15-18,30H2/q+1. The second-order valence-electron chi connectivity index (χ2n) is 8.31. The van der Waals surface area contributed by atoms with E-state index >= 15 is 0 Å². The molecule has 194 valence electrons. The molecule has 1 unspecified atom stereocenters. The Morgan fingerprint density at radius 2 is 1.68 bits per heavy atom. The van der Waals surface area contributed by atoms with Crippen LogP contribution in [0.1, 0.15) is 6.42 Å². The zero-order valence-corrected chi connectivity index (χ0v) is 21.2. The topological polar surface area (TPSA) is 78.6 Å². The van der Waals surface area contributed by atoms with Gasteiger partial charge in [-0.25, -0.2) is 0 Å². The number of thiocarbonyl (C=S) groups is 1. The van der Waals surface area contributed by atoms with E-state index in [-0.39, 0.29) is 24.5 Å². The van der Waals surface area contributed by atoms with E-state index in [9.17, 15) is 21.6 Å². The summed E-state index contributed by atoms with van der Waals surface area (Å²) in [5, 5.41) is 0. The predicted molar refractivity (Wildman–Crippen MR) is 141 cm³/mol. The zero-order chi connectivity index (χ0) is 26.7. The molecule has 1 aliphatic carbocycles. The Balaban J connectivity index is 1.64. The molecule has 4 rings (SSSR count). The van der Waals surface area contributed by atoms with Crippen molar-refractivity contribution in [2.75, 3.05) is 18.8 Å². The largest absolute Gasteiger partial charge is 0.454 e. The predicted octanol–water partition coefficient (Wildman–Crippen LogP) is 5.68. The summed E-state index contributed by atoms with van der Waals surface area (Å²) in [7, 11) is -4.79. The lowest BCUT2D eigenvalue weighted by molar-refractivity contribution is -0.106. The van der Waals surface area contributed by atoms with Crippen LogP contribution in [-0.2, 0) is 10.0 Å². The molecule has 0 amide bonds. The number of alkyl halides is 3. The van der Waals surface area contributed by atoms with E-state index in [0.29, 0.717) is 29.4 Å². The number of para-hydroxylation sites is 2. The Labute approximate surface area is 218 Å². The zero-order valence-electron chi connectivity index (χ0n) is 19.5. The number of ether oxygens (including phenoxy) is 2. The van der Waals surface area contributed by atoms with E-state index in [1.807, 2.05) is 6.08 Å². The van der Waals surface area contributed by atoms with Crippen LogP contribution in [-0.4, -0.2) is 38.3 Å². The number of allylic oxidation sites excluding steroid dienone is 5. The number of hydrogen-bond donors (Lipinski definition) is 1. The molecule has 2 aromatic carbocycles. The van der Waals surface area contributed by atoms with Gasteiger partial charge in [0.15, 0.2) is 22.9 Å². The fraction of sp³-hybridized carbons (Fsp3) is 0.192. The molecule has 2 aliphatic rings. The number of hydrogen-bond acceptors (Lipinski definition) is 6. The number of rotatable bonds is 8. The van der Waals surface area contributed by atoms with Gasteiger partial charge in [-0.3, -0.25) is 0 Å². The molecule has 0 bridgehead atoms. The molecule has 0 saturated carbocycles. The number of halogens is 3. The number of benzene rings is 2. The Hall–Kier alpha value is -3.25. The highest BCUT2D eigenvalue weighted by Gasteiger charge is 2.52. The maximum absolute atomic E-state index is 13.3. The van der Waals surface area contributed by atoms with E-state index < -0.39 is 25.8 Å². The van der Waals surface area contributed by atoms with Crippen molar-refractivity contribution in [1.82, 2.24) is 3.89 Å². The van der Waals surface area contributed by atoms with E-state index in [2.05, 4.69) is 0 Å². The number of nitrogens with zero attached hydrogens (tertiary/aromatic N) is 1. The third-order valence-electron chi connectivity index (χ3n) is 5.78. The van der Waals surface area contributed by atoms with Crippen molar-refractivity contribution >= 4 is 32.8 Å². The van der Waals surface area contributed by atoms with E-state index in [1.165, 1.54) is 36.4 Å². The quantitative estimate of drug-likeness (QED) is 0.337. The minimum absolute atomic E-state index is 0.121. The van der Waals surface area contributed by atoms with Crippen LogP contribution in [0.15, 0.2) is 96.4 Å². The van der Waals surface area contributed by atoms with Crippen molar-refractivity contribution in [3.8, 4) is 17.2 Å². The van der Waals surface area contributed by atoms with Gasteiger partial charge in [-0.05, 0) is 54.6 Å². The van der Waals surface area contributed by atoms with Crippen molar-refractivity contribution in [1.29, 1.82) is 0 Å². The summed E-state index contributed by atoms with van der Waals surface area (Å²) >= 11 is 5.14. The summed E-state index contributed by atoms with van der Waals surface area (Å²) in [6.07, 6.45) is 5.62. The summed E-state index contributed by atoms with van der Waals surface area (Å²) in [5.41, 5.74) is 6.04. The minimum atomic E-state index is -4.91. The minimum Gasteiger partial charge on any atom is -0.454 e. The van der Waals surface area contributed by atoms with Gasteiger partial charge in [-0.2, -0.15) is 25.5 Å². The van der Waals surface area contributed by atoms with E-state index in [0.717, 1.165) is 4.86 Å². The molecule has 2 N–H and O–H groups in total. The highest BCUT2D eigenvalue weighted by atomic mass is 32.2. The smallest absolute Gasteiger partial charge is 0.408 e. The molecular weight excluding hydrogens is 525 g/mol. The average molecular weight is 550 g/mol. The van der Waals surface area contributed by atoms with Gasteiger partial charge in [-0.15, -0.1) is 0 Å². The van der Waals surface area contributed by atoms with Gasteiger partial charge in [0.25, 0.3) is 0 Å². The molecule has 1 aliphatic heterocycles. The van der Waals surface area contributed by atoms with Gasteiger partial charge < -0.3 is 15.2 Å². The molecule has 0 aromatic heterocycles. The normalized spacial score (nSPS) is 19.8. The summed E-state index contributed by atoms with van der Waals surface area (Å²) in [5.74, 6) is -0.189. The van der Waals surface area contributed by atoms with E-state index in [4.69, 9.17) is 27.4 Å². The molecular formula is C26H24F3N2O4S2+. The molecule has 0 fully saturated rings. The van der Waals surface area contributed by atoms with Crippen LogP contribution in [0.2, 0.25) is 0 Å². The van der Waals surface area contributed by atoms with Crippen molar-refractivity contribution in [3.63, 3.8) is 0 Å². The average Bonchev–Trinajstić information content (AvgIpc) is 2.85. The van der Waals surface area contributed by atoms with Crippen LogP contribution in [0, 0.1) is 0 Å². The molecule has 0 saturated heterocycles. The fourth-order valence-corrected chi connectivity index (χ4v) is 6.13. The first kappa shape index (κ1) is 26.8. The number of quaternary nitrogens is 1. The van der Waals surface area contributed by atoms with Crippen molar-refractivity contribution < 1.29 is 31.1 Å². The molecule has 6 nitrogen and oxygen atoms in total. The second-order valence-corrected chi connectivity index (χ2v) is 10.9. The van der Waals surface area contributed by atoms with Crippen LogP contribution < -0.4 is 19.1 Å². The molecule has 0 spiro atoms. The van der Waals surface area contributed by atoms with Crippen molar-refractivity contribution in [2.45, 2.75) is 12.6 Å². The summed E-state index contributed by atoms with van der Waals surface area (Å²) in [6, 6.07) is 12.8. The Bertz CT molecular complexity index is 1410. The maximum atomic E-state index is 13.3. The van der Waals surface area contributed by atoms with Crippen LogP contribution in [0.25, 0.3) is 0 Å². The number of sulfonamides is 1. The molecule has 11 heteroatoms. The first-order valence-electron chi connectivity index (χ1n) is 11.2. The van der Waals surface area contributed by atoms with Crippen LogP contribution in [0.5, 0.6) is 17.2 Å². The second kappa shape index (κ2) is 10.6. The van der Waals surface area contributed by atoms with Gasteiger partial charge in [0.2, 0.25) is 0 Å². The molecule has 1 heterocycles. The Kier molecular flexibility index (Phi) is 7.69. The monoisotopic (exact) mass is 549 g/mol. The van der Waals surface area contributed by atoms with Crippen LogP contribution in [0.4, 0.5) is 18.9 Å². The first-order valence-corrected chi connectivity index (χ1v) is 13.3. The van der Waals surface area contributed by atoms with Crippen molar-refractivity contribution in [3.05, 3.63) is 96.4 Å².